The summed E-state index contributed by atoms with van der Waals surface area (Å²) in [7, 11) is 3.05. The van der Waals surface area contributed by atoms with E-state index in [1.165, 1.54) is 18.8 Å². The number of methoxy groups -OCH3 is 2. The van der Waals surface area contributed by atoms with E-state index < -0.39 is 11.6 Å². The molecule has 0 spiro atoms. The van der Waals surface area contributed by atoms with E-state index >= 15 is 0 Å². The van der Waals surface area contributed by atoms with Crippen LogP contribution in [0.1, 0.15) is 16.1 Å². The summed E-state index contributed by atoms with van der Waals surface area (Å²) in [6.07, 6.45) is 0. The lowest BCUT2D eigenvalue weighted by Gasteiger charge is -2.10. The molecule has 0 fully saturated rings. The number of H-pyrrole nitrogens is 1. The number of aromatic nitrogens is 4. The van der Waals surface area contributed by atoms with Gasteiger partial charge in [0.05, 0.1) is 19.9 Å². The number of benzene rings is 2. The van der Waals surface area contributed by atoms with Crippen molar-refractivity contribution in [1.82, 2.24) is 19.5 Å². The second-order valence-electron chi connectivity index (χ2n) is 6.63. The maximum absolute atomic E-state index is 12.7. The third-order valence-electron chi connectivity index (χ3n) is 4.70. The fourth-order valence-electron chi connectivity index (χ4n) is 3.20. The van der Waals surface area contributed by atoms with Crippen molar-refractivity contribution in [2.24, 2.45) is 5.73 Å². The minimum absolute atomic E-state index is 0.0762. The molecule has 2 heterocycles. The van der Waals surface area contributed by atoms with E-state index in [0.29, 0.717) is 22.7 Å². The lowest BCUT2D eigenvalue weighted by atomic mass is 10.1. The molecule has 2 aromatic carbocycles. The molecular weight excluding hydrogens is 386 g/mol. The first-order valence-corrected chi connectivity index (χ1v) is 9.05. The number of primary amides is 1. The van der Waals surface area contributed by atoms with E-state index in [1.807, 2.05) is 19.1 Å². The quantitative estimate of drug-likeness (QED) is 0.524. The molecule has 4 rings (SSSR count). The first kappa shape index (κ1) is 19.2. The zero-order chi connectivity index (χ0) is 21.4. The highest BCUT2D eigenvalue weighted by Crippen LogP contribution is 2.32. The number of hydrogen-bond acceptors (Lipinski definition) is 6. The Bertz CT molecular complexity index is 1320. The van der Waals surface area contributed by atoms with Gasteiger partial charge in [0, 0.05) is 5.56 Å². The summed E-state index contributed by atoms with van der Waals surface area (Å²) in [4.78, 5) is 36.3. The second kappa shape index (κ2) is 7.36. The van der Waals surface area contributed by atoms with E-state index in [1.54, 1.807) is 30.3 Å². The number of aryl methyl sites for hydroxylation is 1. The molecule has 9 heteroatoms. The SMILES string of the molecule is COc1ccc(-c2nc(C(N)=O)c3[nH]c(=O)n(-c4ccc(C)cc4)c3n2)cc1OC. The van der Waals surface area contributed by atoms with Crippen LogP contribution >= 0.6 is 0 Å². The number of aromatic amines is 1. The Morgan fingerprint density at radius 2 is 1.73 bits per heavy atom. The number of imidazole rings is 1. The van der Waals surface area contributed by atoms with Crippen LogP contribution in [0.25, 0.3) is 28.2 Å². The average molecular weight is 405 g/mol. The van der Waals surface area contributed by atoms with Crippen LogP contribution in [0.2, 0.25) is 0 Å². The van der Waals surface area contributed by atoms with Crippen LogP contribution in [0, 0.1) is 6.92 Å². The highest BCUT2D eigenvalue weighted by atomic mass is 16.5. The van der Waals surface area contributed by atoms with Crippen LogP contribution in [0.4, 0.5) is 0 Å². The molecule has 1 amide bonds. The van der Waals surface area contributed by atoms with Gasteiger partial charge in [0.2, 0.25) is 0 Å². The summed E-state index contributed by atoms with van der Waals surface area (Å²) >= 11 is 0. The largest absolute Gasteiger partial charge is 0.493 e. The molecule has 0 aliphatic heterocycles. The van der Waals surface area contributed by atoms with Gasteiger partial charge in [-0.1, -0.05) is 17.7 Å². The maximum Gasteiger partial charge on any atom is 0.332 e. The number of nitrogens with two attached hydrogens (primary N) is 1. The molecule has 0 saturated heterocycles. The number of carbonyl (C=O) groups is 1. The zero-order valence-corrected chi connectivity index (χ0v) is 16.6. The predicted octanol–water partition coefficient (Wildman–Crippen LogP) is 2.20. The van der Waals surface area contributed by atoms with Crippen molar-refractivity contribution >= 4 is 17.1 Å². The van der Waals surface area contributed by atoms with Crippen LogP contribution in [-0.4, -0.2) is 39.6 Å². The highest BCUT2D eigenvalue weighted by molar-refractivity contribution is 6.02. The van der Waals surface area contributed by atoms with Crippen molar-refractivity contribution in [3.05, 3.63) is 64.2 Å². The third kappa shape index (κ3) is 3.16. The number of hydrogen-bond donors (Lipinski definition) is 2. The highest BCUT2D eigenvalue weighted by Gasteiger charge is 2.20. The number of fused-ring (bicyclic) bond motifs is 1. The number of nitrogens with one attached hydrogen (secondary N) is 1. The van der Waals surface area contributed by atoms with Crippen LogP contribution in [-0.2, 0) is 0 Å². The van der Waals surface area contributed by atoms with Gasteiger partial charge in [-0.2, -0.15) is 0 Å². The van der Waals surface area contributed by atoms with Gasteiger partial charge in [0.1, 0.15) is 5.52 Å². The van der Waals surface area contributed by atoms with Crippen molar-refractivity contribution in [2.45, 2.75) is 6.92 Å². The molecule has 9 nitrogen and oxygen atoms in total. The van der Waals surface area contributed by atoms with Crippen molar-refractivity contribution < 1.29 is 14.3 Å². The Labute approximate surface area is 171 Å². The molecule has 4 aromatic rings. The Morgan fingerprint density at radius 3 is 2.37 bits per heavy atom. The van der Waals surface area contributed by atoms with Gasteiger partial charge in [-0.15, -0.1) is 0 Å². The molecule has 3 N–H and O–H groups in total. The summed E-state index contributed by atoms with van der Waals surface area (Å²) in [6.45, 7) is 1.95. The molecule has 30 heavy (non-hydrogen) atoms. The zero-order valence-electron chi connectivity index (χ0n) is 16.6. The number of rotatable bonds is 5. The number of ether oxygens (including phenoxy) is 2. The smallest absolute Gasteiger partial charge is 0.332 e. The molecule has 0 saturated carbocycles. The van der Waals surface area contributed by atoms with Crippen molar-refractivity contribution in [1.29, 1.82) is 0 Å². The lowest BCUT2D eigenvalue weighted by molar-refractivity contribution is 0.0997. The summed E-state index contributed by atoms with van der Waals surface area (Å²) < 4.78 is 12.0. The lowest BCUT2D eigenvalue weighted by Crippen LogP contribution is -2.15. The Balaban J connectivity index is 2.01. The van der Waals surface area contributed by atoms with E-state index in [2.05, 4.69) is 15.0 Å². The standard InChI is InChI=1S/C21H19N5O4/c1-11-4-7-13(8-5-11)26-20-17(24-21(26)28)16(18(22)27)23-19(25-20)12-6-9-14(29-2)15(10-12)30-3/h4-10H,1-3H3,(H2,22,27)(H,24,28). The van der Waals surface area contributed by atoms with Gasteiger partial charge < -0.3 is 20.2 Å². The molecule has 0 bridgehead atoms. The number of nitrogens with zero attached hydrogens (tertiary/aromatic N) is 3. The third-order valence-corrected chi connectivity index (χ3v) is 4.70. The fourth-order valence-corrected chi connectivity index (χ4v) is 3.20. The second-order valence-corrected chi connectivity index (χ2v) is 6.63. The molecular formula is C21H19N5O4. The molecule has 0 unspecified atom stereocenters. The van der Waals surface area contributed by atoms with Crippen molar-refractivity contribution in [3.8, 4) is 28.6 Å². The molecule has 152 valence electrons. The van der Waals surface area contributed by atoms with Gasteiger partial charge >= 0.3 is 5.69 Å². The van der Waals surface area contributed by atoms with E-state index in [-0.39, 0.29) is 22.7 Å². The van der Waals surface area contributed by atoms with Gasteiger partial charge in [-0.3, -0.25) is 4.79 Å². The minimum Gasteiger partial charge on any atom is -0.493 e. The van der Waals surface area contributed by atoms with Crippen molar-refractivity contribution in [3.63, 3.8) is 0 Å². The average Bonchev–Trinajstić information content (AvgIpc) is 3.08. The number of carbonyl (C=O) groups excluding carboxylic acids is 1. The van der Waals surface area contributed by atoms with Gasteiger partial charge in [-0.25, -0.2) is 19.3 Å². The number of amides is 1. The topological polar surface area (TPSA) is 125 Å². The minimum atomic E-state index is -0.776. The van der Waals surface area contributed by atoms with E-state index in [4.69, 9.17) is 15.2 Å². The maximum atomic E-state index is 12.7. The van der Waals surface area contributed by atoms with Crippen molar-refractivity contribution in [2.75, 3.05) is 14.2 Å². The van der Waals surface area contributed by atoms with Gasteiger partial charge in [0.25, 0.3) is 5.91 Å². The normalized spacial score (nSPS) is 10.9. The summed E-state index contributed by atoms with van der Waals surface area (Å²) in [5, 5.41) is 0. The van der Waals surface area contributed by atoms with Gasteiger partial charge in [-0.05, 0) is 37.3 Å². The molecule has 0 aliphatic carbocycles. The van der Waals surface area contributed by atoms with E-state index in [0.717, 1.165) is 5.56 Å². The summed E-state index contributed by atoms with van der Waals surface area (Å²) in [6, 6.07) is 12.5. The fraction of sp³-hybridized carbons (Fsp3) is 0.143. The predicted molar refractivity (Wildman–Crippen MR) is 111 cm³/mol. The molecule has 0 atom stereocenters. The van der Waals surface area contributed by atoms with Crippen LogP contribution in [0.3, 0.4) is 0 Å². The summed E-state index contributed by atoms with van der Waals surface area (Å²) in [5.74, 6) is 0.457. The monoisotopic (exact) mass is 405 g/mol. The van der Waals surface area contributed by atoms with Crippen LogP contribution in [0.5, 0.6) is 11.5 Å². The first-order chi connectivity index (χ1) is 14.4. The molecule has 2 aromatic heterocycles. The molecule has 0 radical (unpaired) electrons. The Hall–Kier alpha value is -4.14. The molecule has 0 aliphatic rings. The van der Waals surface area contributed by atoms with Gasteiger partial charge in [0.15, 0.2) is 28.7 Å². The van der Waals surface area contributed by atoms with Crippen LogP contribution in [0.15, 0.2) is 47.3 Å². The summed E-state index contributed by atoms with van der Waals surface area (Å²) in [5.41, 5.74) is 7.66. The Morgan fingerprint density at radius 1 is 1.03 bits per heavy atom. The first-order valence-electron chi connectivity index (χ1n) is 9.05. The van der Waals surface area contributed by atoms with E-state index in [9.17, 15) is 9.59 Å². The van der Waals surface area contributed by atoms with Crippen LogP contribution < -0.4 is 20.9 Å². The Kier molecular flexibility index (Phi) is 4.71.